The fourth-order valence-electron chi connectivity index (χ4n) is 1.09. The molecule has 82 valence electrons. The summed E-state index contributed by atoms with van der Waals surface area (Å²) in [7, 11) is 0. The van der Waals surface area contributed by atoms with Gasteiger partial charge < -0.3 is 0 Å². The molecule has 1 rings (SSSR count). The summed E-state index contributed by atoms with van der Waals surface area (Å²) in [5, 5.41) is -4.02. The molecule has 0 saturated carbocycles. The second kappa shape index (κ2) is 5.98. The zero-order valence-corrected chi connectivity index (χ0v) is 9.71. The Morgan fingerprint density at radius 2 is 1.80 bits per heavy atom. The van der Waals surface area contributed by atoms with E-state index in [1.165, 1.54) is 4.97 Å². The van der Waals surface area contributed by atoms with Crippen LogP contribution in [0, 0.1) is 0 Å². The molecule has 0 amide bonds. The Kier molecular flexibility index (Phi) is 4.92. The number of benzene rings is 1. The van der Waals surface area contributed by atoms with Crippen LogP contribution in [-0.4, -0.2) is 20.0 Å². The molecule has 15 heavy (non-hydrogen) atoms. The number of halogens is 3. The van der Waals surface area contributed by atoms with Gasteiger partial charge >= 0.3 is 93.0 Å². The van der Waals surface area contributed by atoms with E-state index in [2.05, 4.69) is 0 Å². The second-order valence-electron chi connectivity index (χ2n) is 2.96. The quantitative estimate of drug-likeness (QED) is 0.741. The molecule has 0 fully saturated rings. The molecule has 1 aromatic carbocycles. The topological polar surface area (TPSA) is 0 Å². The van der Waals surface area contributed by atoms with Crippen molar-refractivity contribution in [3.63, 3.8) is 0 Å². The van der Waals surface area contributed by atoms with Crippen LogP contribution < -0.4 is 0 Å². The van der Waals surface area contributed by atoms with Crippen LogP contribution in [-0.2, 0) is 6.42 Å². The maximum atomic E-state index is 11.8. The third-order valence-electron chi connectivity index (χ3n) is 1.74. The van der Waals surface area contributed by atoms with Gasteiger partial charge in [0, 0.05) is 0 Å². The first-order valence-electron chi connectivity index (χ1n) is 4.51. The van der Waals surface area contributed by atoms with Gasteiger partial charge in [0.15, 0.2) is 0 Å². The van der Waals surface area contributed by atoms with Gasteiger partial charge in [0.25, 0.3) is 0 Å². The van der Waals surface area contributed by atoms with E-state index in [0.29, 0.717) is 6.42 Å². The van der Waals surface area contributed by atoms with Crippen molar-refractivity contribution in [2.45, 2.75) is 17.9 Å². The van der Waals surface area contributed by atoms with Crippen LogP contribution >= 0.6 is 0 Å². The molecule has 0 aromatic heterocycles. The number of rotatable bonds is 4. The van der Waals surface area contributed by atoms with E-state index in [0.717, 1.165) is 12.0 Å². The van der Waals surface area contributed by atoms with E-state index in [1.54, 1.807) is 6.08 Å². The molecule has 0 atom stereocenters. The summed E-state index contributed by atoms with van der Waals surface area (Å²) in [6, 6.07) is 9.73. The Labute approximate surface area is 93.3 Å². The average Bonchev–Trinajstić information content (AvgIpc) is 2.17. The first kappa shape index (κ1) is 12.3. The van der Waals surface area contributed by atoms with Gasteiger partial charge in [-0.3, -0.25) is 0 Å². The molecule has 0 aliphatic carbocycles. The Morgan fingerprint density at radius 1 is 1.13 bits per heavy atom. The summed E-state index contributed by atoms with van der Waals surface area (Å²) in [5.41, 5.74) is 1.15. The van der Waals surface area contributed by atoms with E-state index >= 15 is 0 Å². The number of aryl methyl sites for hydroxylation is 1. The summed E-state index contributed by atoms with van der Waals surface area (Å²) in [4.78, 5) is 1.25. The van der Waals surface area contributed by atoms with Gasteiger partial charge in [0.2, 0.25) is 0 Å². The Hall–Kier alpha value is -0.731. The molecular formula is C11H11F3Se. The Morgan fingerprint density at radius 3 is 2.40 bits per heavy atom. The van der Waals surface area contributed by atoms with E-state index in [9.17, 15) is 13.2 Å². The minimum atomic E-state index is -4.02. The molecule has 0 aliphatic rings. The molecule has 0 nitrogen and oxygen atoms in total. The number of hydrogen-bond acceptors (Lipinski definition) is 0. The SMILES string of the molecule is FC(F)(F)[Se]/C=C/CCc1ccccc1. The molecule has 0 bridgehead atoms. The first-order chi connectivity index (χ1) is 7.08. The van der Waals surface area contributed by atoms with Crippen molar-refractivity contribution in [3.05, 3.63) is 46.9 Å². The van der Waals surface area contributed by atoms with Gasteiger partial charge in [0.05, 0.1) is 0 Å². The van der Waals surface area contributed by atoms with Crippen LogP contribution in [0.4, 0.5) is 13.2 Å². The molecule has 0 aliphatic heterocycles. The molecule has 0 N–H and O–H groups in total. The van der Waals surface area contributed by atoms with E-state index < -0.39 is 20.0 Å². The second-order valence-corrected chi connectivity index (χ2v) is 5.00. The number of allylic oxidation sites excluding steroid dienone is 1. The predicted molar refractivity (Wildman–Crippen MR) is 55.7 cm³/mol. The van der Waals surface area contributed by atoms with Crippen molar-refractivity contribution in [3.8, 4) is 0 Å². The normalized spacial score (nSPS) is 12.2. The van der Waals surface area contributed by atoms with Gasteiger partial charge in [-0.15, -0.1) is 0 Å². The third-order valence-corrected chi connectivity index (χ3v) is 2.99. The van der Waals surface area contributed by atoms with Crippen LogP contribution in [0.5, 0.6) is 0 Å². The van der Waals surface area contributed by atoms with Gasteiger partial charge in [-0.05, 0) is 0 Å². The monoisotopic (exact) mass is 280 g/mol. The Bertz CT molecular complexity index is 303. The number of alkyl halides is 3. The fourth-order valence-corrected chi connectivity index (χ4v) is 1.90. The summed E-state index contributed by atoms with van der Waals surface area (Å²) in [5.74, 6) is 0. The van der Waals surface area contributed by atoms with Crippen molar-refractivity contribution in [1.29, 1.82) is 0 Å². The van der Waals surface area contributed by atoms with E-state index in [1.807, 2.05) is 30.3 Å². The molecule has 0 saturated heterocycles. The van der Waals surface area contributed by atoms with Crippen LogP contribution in [0.1, 0.15) is 12.0 Å². The van der Waals surface area contributed by atoms with Crippen LogP contribution in [0.3, 0.4) is 0 Å². The van der Waals surface area contributed by atoms with Gasteiger partial charge in [-0.1, -0.05) is 0 Å². The van der Waals surface area contributed by atoms with Crippen LogP contribution in [0.15, 0.2) is 41.4 Å². The molecule has 1 aromatic rings. The maximum absolute atomic E-state index is 11.8. The van der Waals surface area contributed by atoms with Crippen molar-refractivity contribution < 1.29 is 13.2 Å². The molecule has 0 radical (unpaired) electrons. The summed E-state index contributed by atoms with van der Waals surface area (Å²) in [6.45, 7) is 0. The van der Waals surface area contributed by atoms with Gasteiger partial charge in [0.1, 0.15) is 0 Å². The average molecular weight is 279 g/mol. The molecule has 0 unspecified atom stereocenters. The van der Waals surface area contributed by atoms with Crippen molar-refractivity contribution in [2.24, 2.45) is 0 Å². The first-order valence-corrected chi connectivity index (χ1v) is 6.36. The van der Waals surface area contributed by atoms with Gasteiger partial charge in [-0.2, -0.15) is 0 Å². The zero-order chi connectivity index (χ0) is 11.1. The fraction of sp³-hybridized carbons (Fsp3) is 0.273. The van der Waals surface area contributed by atoms with Crippen LogP contribution in [0.2, 0.25) is 0 Å². The summed E-state index contributed by atoms with van der Waals surface area (Å²) in [6.07, 6.45) is 3.08. The standard InChI is InChI=1S/C11H11F3Se/c12-11(13,14)15-9-5-4-8-10-6-2-1-3-7-10/h1-3,5-7,9H,4,8H2/b9-5+. The molecule has 0 spiro atoms. The predicted octanol–water partition coefficient (Wildman–Crippen LogP) is 3.36. The van der Waals surface area contributed by atoms with Crippen LogP contribution in [0.25, 0.3) is 0 Å². The molecular weight excluding hydrogens is 268 g/mol. The molecule has 4 heteroatoms. The minimum absolute atomic E-state index is 0.668. The number of hydrogen-bond donors (Lipinski definition) is 0. The van der Waals surface area contributed by atoms with Gasteiger partial charge in [-0.25, -0.2) is 0 Å². The van der Waals surface area contributed by atoms with Crippen molar-refractivity contribution in [1.82, 2.24) is 0 Å². The zero-order valence-electron chi connectivity index (χ0n) is 8.00. The summed E-state index contributed by atoms with van der Waals surface area (Å²) < 4.78 is 35.3. The van der Waals surface area contributed by atoms with E-state index in [4.69, 9.17) is 0 Å². The third kappa shape index (κ3) is 6.37. The molecule has 0 heterocycles. The Balaban J connectivity index is 2.22. The van der Waals surface area contributed by atoms with E-state index in [-0.39, 0.29) is 0 Å². The van der Waals surface area contributed by atoms with Crippen molar-refractivity contribution >= 4 is 15.0 Å². The summed E-state index contributed by atoms with van der Waals surface area (Å²) >= 11 is -1.37. The van der Waals surface area contributed by atoms with Crippen molar-refractivity contribution in [2.75, 3.05) is 0 Å².